The molecule has 1 heterocycles. The SMILES string of the molecule is FC(F)(F)c1ccc(C(Br)c2ccc3c(c2)COC3)cc1. The molecule has 0 amide bonds. The third-order valence-electron chi connectivity index (χ3n) is 3.57. The van der Waals surface area contributed by atoms with Crippen LogP contribution in [0, 0.1) is 0 Å². The lowest BCUT2D eigenvalue weighted by Gasteiger charge is -2.13. The van der Waals surface area contributed by atoms with Crippen LogP contribution in [0.5, 0.6) is 0 Å². The zero-order chi connectivity index (χ0) is 15.0. The van der Waals surface area contributed by atoms with E-state index in [0.717, 1.165) is 28.8 Å². The first-order valence-corrected chi connectivity index (χ1v) is 7.37. The molecule has 1 nitrogen and oxygen atoms in total. The standard InChI is InChI=1S/C16H12BrF3O/c17-15(10-3-5-14(6-4-10)16(18,19)20)11-1-2-12-8-21-9-13(12)7-11/h1-7,15H,8-9H2. The molecule has 0 aliphatic carbocycles. The summed E-state index contributed by atoms with van der Waals surface area (Å²) < 4.78 is 43.1. The Morgan fingerprint density at radius 3 is 2.19 bits per heavy atom. The number of ether oxygens (including phenoxy) is 1. The molecule has 2 aromatic rings. The highest BCUT2D eigenvalue weighted by atomic mass is 79.9. The van der Waals surface area contributed by atoms with Gasteiger partial charge in [-0.1, -0.05) is 46.3 Å². The molecular formula is C16H12BrF3O. The first-order chi connectivity index (χ1) is 9.95. The molecule has 1 atom stereocenters. The number of rotatable bonds is 2. The summed E-state index contributed by atoms with van der Waals surface area (Å²) in [6.07, 6.45) is -4.30. The molecule has 0 aromatic heterocycles. The Bertz CT molecular complexity index is 650. The van der Waals surface area contributed by atoms with E-state index >= 15 is 0 Å². The van der Waals surface area contributed by atoms with Crippen molar-refractivity contribution in [3.8, 4) is 0 Å². The Morgan fingerprint density at radius 1 is 0.905 bits per heavy atom. The van der Waals surface area contributed by atoms with Crippen molar-refractivity contribution < 1.29 is 17.9 Å². The molecule has 1 aliphatic rings. The van der Waals surface area contributed by atoms with Crippen LogP contribution in [-0.2, 0) is 24.1 Å². The van der Waals surface area contributed by atoms with Gasteiger partial charge in [0.15, 0.2) is 0 Å². The molecule has 1 aliphatic heterocycles. The van der Waals surface area contributed by atoms with Crippen molar-refractivity contribution in [1.82, 2.24) is 0 Å². The van der Waals surface area contributed by atoms with E-state index in [1.807, 2.05) is 18.2 Å². The number of alkyl halides is 4. The van der Waals surface area contributed by atoms with Crippen molar-refractivity contribution >= 4 is 15.9 Å². The van der Waals surface area contributed by atoms with Gasteiger partial charge < -0.3 is 4.74 Å². The van der Waals surface area contributed by atoms with Gasteiger partial charge in [0.1, 0.15) is 0 Å². The molecule has 0 radical (unpaired) electrons. The van der Waals surface area contributed by atoms with Crippen LogP contribution in [0.4, 0.5) is 13.2 Å². The average molecular weight is 357 g/mol. The van der Waals surface area contributed by atoms with E-state index < -0.39 is 11.7 Å². The Labute approximate surface area is 128 Å². The molecule has 0 fully saturated rings. The van der Waals surface area contributed by atoms with E-state index in [9.17, 15) is 13.2 Å². The topological polar surface area (TPSA) is 9.23 Å². The van der Waals surface area contributed by atoms with E-state index in [4.69, 9.17) is 4.74 Å². The molecule has 0 saturated heterocycles. The summed E-state index contributed by atoms with van der Waals surface area (Å²) in [4.78, 5) is -0.134. The molecule has 0 spiro atoms. The highest BCUT2D eigenvalue weighted by molar-refractivity contribution is 9.09. The van der Waals surface area contributed by atoms with Gasteiger partial charge in [0.2, 0.25) is 0 Å². The summed E-state index contributed by atoms with van der Waals surface area (Å²) in [6.45, 7) is 1.22. The molecule has 3 rings (SSSR count). The van der Waals surface area contributed by atoms with Gasteiger partial charge in [0.25, 0.3) is 0 Å². The predicted octanol–water partition coefficient (Wildman–Crippen LogP) is 5.22. The van der Waals surface area contributed by atoms with E-state index in [1.165, 1.54) is 17.7 Å². The monoisotopic (exact) mass is 356 g/mol. The smallest absolute Gasteiger partial charge is 0.372 e. The third-order valence-corrected chi connectivity index (χ3v) is 4.63. The van der Waals surface area contributed by atoms with Crippen LogP contribution in [-0.4, -0.2) is 0 Å². The third kappa shape index (κ3) is 2.99. The minimum Gasteiger partial charge on any atom is -0.372 e. The summed E-state index contributed by atoms with van der Waals surface area (Å²) in [5.74, 6) is 0. The molecule has 21 heavy (non-hydrogen) atoms. The Hall–Kier alpha value is -1.33. The van der Waals surface area contributed by atoms with Gasteiger partial charge in [-0.2, -0.15) is 13.2 Å². The van der Waals surface area contributed by atoms with Crippen molar-refractivity contribution in [3.63, 3.8) is 0 Å². The molecular weight excluding hydrogens is 345 g/mol. The molecule has 2 aromatic carbocycles. The van der Waals surface area contributed by atoms with E-state index in [0.29, 0.717) is 13.2 Å². The van der Waals surface area contributed by atoms with E-state index in [2.05, 4.69) is 15.9 Å². The Morgan fingerprint density at radius 2 is 1.52 bits per heavy atom. The fourth-order valence-electron chi connectivity index (χ4n) is 2.38. The molecule has 0 bridgehead atoms. The van der Waals surface area contributed by atoms with Gasteiger partial charge >= 0.3 is 6.18 Å². The molecule has 5 heteroatoms. The first kappa shape index (κ1) is 14.6. The highest BCUT2D eigenvalue weighted by Crippen LogP contribution is 2.35. The summed E-state index contributed by atoms with van der Waals surface area (Å²) in [5.41, 5.74) is 3.49. The Balaban J connectivity index is 1.86. The minimum absolute atomic E-state index is 0.134. The molecule has 110 valence electrons. The fourth-order valence-corrected chi connectivity index (χ4v) is 2.97. The van der Waals surface area contributed by atoms with Crippen molar-refractivity contribution in [2.24, 2.45) is 0 Å². The minimum atomic E-state index is -4.30. The van der Waals surface area contributed by atoms with Crippen molar-refractivity contribution in [3.05, 3.63) is 70.3 Å². The Kier molecular flexibility index (Phi) is 3.80. The summed E-state index contributed by atoms with van der Waals surface area (Å²) in [5, 5.41) is 0. The van der Waals surface area contributed by atoms with Crippen molar-refractivity contribution in [2.75, 3.05) is 0 Å². The maximum absolute atomic E-state index is 12.6. The van der Waals surface area contributed by atoms with Gasteiger partial charge in [0, 0.05) is 0 Å². The summed E-state index contributed by atoms with van der Waals surface area (Å²) >= 11 is 3.56. The number of fused-ring (bicyclic) bond motifs is 1. The van der Waals surface area contributed by atoms with Gasteiger partial charge in [-0.05, 0) is 34.4 Å². The maximum Gasteiger partial charge on any atom is 0.416 e. The van der Waals surface area contributed by atoms with Gasteiger partial charge in [0.05, 0.1) is 23.6 Å². The second kappa shape index (κ2) is 5.46. The van der Waals surface area contributed by atoms with Gasteiger partial charge in [-0.3, -0.25) is 0 Å². The second-order valence-electron chi connectivity index (χ2n) is 5.00. The van der Waals surface area contributed by atoms with Crippen LogP contribution in [0.25, 0.3) is 0 Å². The number of hydrogen-bond acceptors (Lipinski definition) is 1. The normalized spacial score (nSPS) is 15.8. The fraction of sp³-hybridized carbons (Fsp3) is 0.250. The van der Waals surface area contributed by atoms with Crippen molar-refractivity contribution in [2.45, 2.75) is 24.2 Å². The maximum atomic E-state index is 12.6. The largest absolute Gasteiger partial charge is 0.416 e. The van der Waals surface area contributed by atoms with Gasteiger partial charge in [-0.25, -0.2) is 0 Å². The average Bonchev–Trinajstić information content (AvgIpc) is 2.93. The molecule has 0 N–H and O–H groups in total. The van der Waals surface area contributed by atoms with Crippen LogP contribution in [0.15, 0.2) is 42.5 Å². The quantitative estimate of drug-likeness (QED) is 0.670. The van der Waals surface area contributed by atoms with Gasteiger partial charge in [-0.15, -0.1) is 0 Å². The van der Waals surface area contributed by atoms with Crippen LogP contribution in [0.2, 0.25) is 0 Å². The number of halogens is 4. The summed E-state index contributed by atoms with van der Waals surface area (Å²) in [6, 6.07) is 11.3. The van der Waals surface area contributed by atoms with Crippen LogP contribution in [0.1, 0.15) is 32.6 Å². The van der Waals surface area contributed by atoms with E-state index in [1.54, 1.807) is 0 Å². The van der Waals surface area contributed by atoms with Crippen LogP contribution in [0.3, 0.4) is 0 Å². The van der Waals surface area contributed by atoms with Crippen LogP contribution < -0.4 is 0 Å². The van der Waals surface area contributed by atoms with Crippen molar-refractivity contribution in [1.29, 1.82) is 0 Å². The molecule has 0 saturated carbocycles. The highest BCUT2D eigenvalue weighted by Gasteiger charge is 2.30. The van der Waals surface area contributed by atoms with Crippen LogP contribution >= 0.6 is 15.9 Å². The number of hydrogen-bond donors (Lipinski definition) is 0. The zero-order valence-electron chi connectivity index (χ0n) is 11.0. The summed E-state index contributed by atoms with van der Waals surface area (Å²) in [7, 11) is 0. The predicted molar refractivity (Wildman–Crippen MR) is 77.1 cm³/mol. The first-order valence-electron chi connectivity index (χ1n) is 6.46. The number of benzene rings is 2. The lowest BCUT2D eigenvalue weighted by molar-refractivity contribution is -0.137. The lowest BCUT2D eigenvalue weighted by atomic mass is 9.99. The second-order valence-corrected chi connectivity index (χ2v) is 5.92. The lowest BCUT2D eigenvalue weighted by Crippen LogP contribution is -2.05. The zero-order valence-corrected chi connectivity index (χ0v) is 12.5. The molecule has 1 unspecified atom stereocenters. The van der Waals surface area contributed by atoms with E-state index in [-0.39, 0.29) is 4.83 Å².